The number of carbonyl (C=O) groups excluding carboxylic acids is 1. The van der Waals surface area contributed by atoms with Crippen molar-refractivity contribution in [1.29, 1.82) is 0 Å². The molecule has 0 spiro atoms. The molecule has 1 N–H and O–H groups in total. The predicted molar refractivity (Wildman–Crippen MR) is 92.7 cm³/mol. The van der Waals surface area contributed by atoms with E-state index in [9.17, 15) is 4.79 Å². The molecule has 1 aromatic carbocycles. The second-order valence-electron chi connectivity index (χ2n) is 5.79. The Morgan fingerprint density at radius 2 is 1.96 bits per heavy atom. The minimum Gasteiger partial charge on any atom is -0.296 e. The summed E-state index contributed by atoms with van der Waals surface area (Å²) < 4.78 is 1.59. The standard InChI is InChI=1S/C17H17N5OS/c23-16(14-11-22(21-20-14)12-7-3-1-4-8-12)19-17-18-13-9-5-2-6-10-15(13)24-17/h1,3-4,7-8,11H,2,5-6,9-10H2,(H,18,19,23). The molecule has 24 heavy (non-hydrogen) atoms. The third-order valence-corrected chi connectivity index (χ3v) is 5.14. The van der Waals surface area contributed by atoms with Gasteiger partial charge in [0.2, 0.25) is 0 Å². The molecule has 2 aromatic heterocycles. The lowest BCUT2D eigenvalue weighted by molar-refractivity contribution is 0.102. The van der Waals surface area contributed by atoms with Crippen molar-refractivity contribution in [2.75, 3.05) is 5.32 Å². The number of fused-ring (bicyclic) bond motifs is 1. The number of hydrogen-bond donors (Lipinski definition) is 1. The molecular formula is C17H17N5OS. The molecule has 122 valence electrons. The lowest BCUT2D eigenvalue weighted by Crippen LogP contribution is -2.12. The molecular weight excluding hydrogens is 322 g/mol. The van der Waals surface area contributed by atoms with Crippen LogP contribution in [0.3, 0.4) is 0 Å². The van der Waals surface area contributed by atoms with E-state index in [2.05, 4.69) is 20.6 Å². The molecule has 7 heteroatoms. The van der Waals surface area contributed by atoms with Gasteiger partial charge in [-0.15, -0.1) is 16.4 Å². The molecule has 0 atom stereocenters. The Morgan fingerprint density at radius 1 is 1.12 bits per heavy atom. The van der Waals surface area contributed by atoms with Gasteiger partial charge in [0, 0.05) is 4.88 Å². The smallest absolute Gasteiger partial charge is 0.279 e. The van der Waals surface area contributed by atoms with Gasteiger partial charge in [-0.25, -0.2) is 9.67 Å². The van der Waals surface area contributed by atoms with E-state index in [-0.39, 0.29) is 11.6 Å². The van der Waals surface area contributed by atoms with Crippen molar-refractivity contribution >= 4 is 22.4 Å². The highest BCUT2D eigenvalue weighted by molar-refractivity contribution is 7.15. The molecule has 2 heterocycles. The average molecular weight is 339 g/mol. The summed E-state index contributed by atoms with van der Waals surface area (Å²) in [5, 5.41) is 11.5. The first-order valence-corrected chi connectivity index (χ1v) is 8.89. The molecule has 1 amide bonds. The number of amides is 1. The maximum Gasteiger partial charge on any atom is 0.279 e. The van der Waals surface area contributed by atoms with E-state index in [4.69, 9.17) is 0 Å². The van der Waals surface area contributed by atoms with Crippen molar-refractivity contribution in [1.82, 2.24) is 20.0 Å². The molecule has 0 radical (unpaired) electrons. The van der Waals surface area contributed by atoms with Crippen molar-refractivity contribution < 1.29 is 4.79 Å². The fourth-order valence-corrected chi connectivity index (χ4v) is 3.86. The minimum atomic E-state index is -0.277. The Bertz CT molecular complexity index is 832. The zero-order valence-electron chi connectivity index (χ0n) is 13.1. The molecule has 4 rings (SSSR count). The summed E-state index contributed by atoms with van der Waals surface area (Å²) in [6.45, 7) is 0. The highest BCUT2D eigenvalue weighted by Crippen LogP contribution is 2.29. The summed E-state index contributed by atoms with van der Waals surface area (Å²) in [6, 6.07) is 9.59. The summed E-state index contributed by atoms with van der Waals surface area (Å²) in [7, 11) is 0. The van der Waals surface area contributed by atoms with Gasteiger partial charge in [0.25, 0.3) is 5.91 Å². The summed E-state index contributed by atoms with van der Waals surface area (Å²) in [4.78, 5) is 18.3. The number of para-hydroxylation sites is 1. The Balaban J connectivity index is 1.50. The molecule has 0 bridgehead atoms. The third kappa shape index (κ3) is 3.07. The SMILES string of the molecule is O=C(Nc1nc2c(s1)CCCCC2)c1cn(-c2ccccc2)nn1. The highest BCUT2D eigenvalue weighted by atomic mass is 32.1. The first-order valence-electron chi connectivity index (χ1n) is 8.07. The number of nitrogens with zero attached hydrogens (tertiary/aromatic N) is 4. The van der Waals surface area contributed by atoms with Gasteiger partial charge in [0.05, 0.1) is 17.6 Å². The monoisotopic (exact) mass is 339 g/mol. The molecule has 6 nitrogen and oxygen atoms in total. The molecule has 0 unspecified atom stereocenters. The van der Waals surface area contributed by atoms with Crippen LogP contribution in [0.1, 0.15) is 40.3 Å². The lowest BCUT2D eigenvalue weighted by Gasteiger charge is -1.98. The van der Waals surface area contributed by atoms with E-state index in [1.165, 1.54) is 24.1 Å². The Kier molecular flexibility index (Phi) is 4.08. The molecule has 0 fully saturated rings. The van der Waals surface area contributed by atoms with E-state index < -0.39 is 0 Å². The van der Waals surface area contributed by atoms with Crippen LogP contribution in [-0.2, 0) is 12.8 Å². The zero-order chi connectivity index (χ0) is 16.4. The molecule has 0 saturated carbocycles. The molecule has 0 aliphatic heterocycles. The summed E-state index contributed by atoms with van der Waals surface area (Å²) in [5.74, 6) is -0.277. The summed E-state index contributed by atoms with van der Waals surface area (Å²) >= 11 is 1.58. The van der Waals surface area contributed by atoms with Crippen LogP contribution in [-0.4, -0.2) is 25.9 Å². The first kappa shape index (κ1) is 15.0. The number of nitrogens with one attached hydrogen (secondary N) is 1. The number of rotatable bonds is 3. The van der Waals surface area contributed by atoms with Crippen molar-refractivity contribution in [2.24, 2.45) is 0 Å². The topological polar surface area (TPSA) is 72.7 Å². The number of hydrogen-bond acceptors (Lipinski definition) is 5. The van der Waals surface area contributed by atoms with Gasteiger partial charge in [-0.3, -0.25) is 10.1 Å². The van der Waals surface area contributed by atoms with Crippen LogP contribution in [0, 0.1) is 0 Å². The van der Waals surface area contributed by atoms with Gasteiger partial charge in [0.15, 0.2) is 10.8 Å². The number of aromatic nitrogens is 4. The van der Waals surface area contributed by atoms with Crippen LogP contribution < -0.4 is 5.32 Å². The first-order chi connectivity index (χ1) is 11.8. The Labute approximate surface area is 143 Å². The van der Waals surface area contributed by atoms with Crippen LogP contribution in [0.2, 0.25) is 0 Å². The van der Waals surface area contributed by atoms with Gasteiger partial charge in [-0.05, 0) is 37.8 Å². The summed E-state index contributed by atoms with van der Waals surface area (Å²) in [5.41, 5.74) is 2.29. The number of thiazole rings is 1. The van der Waals surface area contributed by atoms with Gasteiger partial charge in [-0.2, -0.15) is 0 Å². The average Bonchev–Trinajstić information content (AvgIpc) is 3.18. The molecule has 1 aliphatic rings. The van der Waals surface area contributed by atoms with E-state index >= 15 is 0 Å². The normalized spacial score (nSPS) is 14.0. The minimum absolute atomic E-state index is 0.277. The van der Waals surface area contributed by atoms with E-state index in [0.717, 1.165) is 24.2 Å². The van der Waals surface area contributed by atoms with Gasteiger partial charge >= 0.3 is 0 Å². The summed E-state index contributed by atoms with van der Waals surface area (Å²) in [6.07, 6.45) is 7.33. The van der Waals surface area contributed by atoms with Crippen LogP contribution >= 0.6 is 11.3 Å². The number of aryl methyl sites for hydroxylation is 2. The zero-order valence-corrected chi connectivity index (χ0v) is 13.9. The van der Waals surface area contributed by atoms with E-state index in [0.29, 0.717) is 5.13 Å². The maximum atomic E-state index is 12.4. The quantitative estimate of drug-likeness (QED) is 0.744. The Hall–Kier alpha value is -2.54. The van der Waals surface area contributed by atoms with Gasteiger partial charge < -0.3 is 0 Å². The number of carbonyl (C=O) groups is 1. The molecule has 0 saturated heterocycles. The van der Waals surface area contributed by atoms with Crippen molar-refractivity contribution in [3.8, 4) is 5.69 Å². The Morgan fingerprint density at radius 3 is 2.83 bits per heavy atom. The maximum absolute atomic E-state index is 12.4. The lowest BCUT2D eigenvalue weighted by atomic mass is 10.2. The van der Waals surface area contributed by atoms with E-state index in [1.807, 2.05) is 30.3 Å². The highest BCUT2D eigenvalue weighted by Gasteiger charge is 2.17. The number of anilines is 1. The van der Waals surface area contributed by atoms with Gasteiger partial charge in [0.1, 0.15) is 0 Å². The largest absolute Gasteiger partial charge is 0.296 e. The molecule has 1 aliphatic carbocycles. The fourth-order valence-electron chi connectivity index (χ4n) is 2.82. The van der Waals surface area contributed by atoms with Crippen LogP contribution in [0.15, 0.2) is 36.5 Å². The fraction of sp³-hybridized carbons (Fsp3) is 0.294. The van der Waals surface area contributed by atoms with Crippen LogP contribution in [0.5, 0.6) is 0 Å². The number of benzene rings is 1. The van der Waals surface area contributed by atoms with Crippen molar-refractivity contribution in [2.45, 2.75) is 32.1 Å². The van der Waals surface area contributed by atoms with Crippen molar-refractivity contribution in [3.63, 3.8) is 0 Å². The van der Waals surface area contributed by atoms with Crippen LogP contribution in [0.25, 0.3) is 5.69 Å². The van der Waals surface area contributed by atoms with Crippen LogP contribution in [0.4, 0.5) is 5.13 Å². The van der Waals surface area contributed by atoms with Gasteiger partial charge in [-0.1, -0.05) is 29.8 Å². The second-order valence-corrected chi connectivity index (χ2v) is 6.87. The molecule has 3 aromatic rings. The second kappa shape index (κ2) is 6.52. The van der Waals surface area contributed by atoms with E-state index in [1.54, 1.807) is 22.2 Å². The van der Waals surface area contributed by atoms with Crippen molar-refractivity contribution in [3.05, 3.63) is 52.8 Å². The third-order valence-electron chi connectivity index (χ3n) is 4.06. The predicted octanol–water partition coefficient (Wildman–Crippen LogP) is 3.25.